The van der Waals surface area contributed by atoms with Crippen molar-refractivity contribution in [2.75, 3.05) is 0 Å². The Labute approximate surface area is 132 Å². The molecule has 2 nitrogen and oxygen atoms in total. The Morgan fingerprint density at radius 3 is 2.43 bits per heavy atom. The van der Waals surface area contributed by atoms with Gasteiger partial charge in [-0.1, -0.05) is 78.7 Å². The summed E-state index contributed by atoms with van der Waals surface area (Å²) in [7, 11) is 0. The van der Waals surface area contributed by atoms with Crippen LogP contribution in [0.4, 0.5) is 0 Å². The highest BCUT2D eigenvalue weighted by Crippen LogP contribution is 2.30. The Bertz CT molecular complexity index is 310. The fourth-order valence-electron chi connectivity index (χ4n) is 2.96. The van der Waals surface area contributed by atoms with E-state index in [0.717, 1.165) is 5.57 Å². The number of nitrogens with zero attached hydrogens (tertiary/aromatic N) is 1. The van der Waals surface area contributed by atoms with Crippen LogP contribution in [-0.2, 0) is 0 Å². The number of hydrazone groups is 1. The molecule has 0 aliphatic heterocycles. The minimum atomic E-state index is 0.169. The van der Waals surface area contributed by atoms with Crippen molar-refractivity contribution in [2.24, 2.45) is 10.5 Å². The molecule has 0 aromatic heterocycles. The Kier molecular flexibility index (Phi) is 8.72. The van der Waals surface area contributed by atoms with Gasteiger partial charge in [-0.3, -0.25) is 0 Å². The third kappa shape index (κ3) is 7.68. The van der Waals surface area contributed by atoms with Crippen molar-refractivity contribution in [2.45, 2.75) is 97.4 Å². The summed E-state index contributed by atoms with van der Waals surface area (Å²) in [6.07, 6.45) is 16.5. The molecule has 0 saturated heterocycles. The summed E-state index contributed by atoms with van der Waals surface area (Å²) in [4.78, 5) is 0. The van der Waals surface area contributed by atoms with E-state index in [-0.39, 0.29) is 5.41 Å². The maximum Gasteiger partial charge on any atom is 0.0499 e. The van der Waals surface area contributed by atoms with Gasteiger partial charge in [0.05, 0.1) is 0 Å². The minimum Gasteiger partial charge on any atom is -0.307 e. The van der Waals surface area contributed by atoms with Gasteiger partial charge in [-0.25, -0.2) is 0 Å². The van der Waals surface area contributed by atoms with Crippen LogP contribution in [0.5, 0.6) is 0 Å². The maximum absolute atomic E-state index is 4.47. The van der Waals surface area contributed by atoms with Crippen molar-refractivity contribution < 1.29 is 0 Å². The molecule has 122 valence electrons. The van der Waals surface area contributed by atoms with Crippen LogP contribution in [-0.4, -0.2) is 12.3 Å². The average molecular weight is 293 g/mol. The van der Waals surface area contributed by atoms with E-state index < -0.39 is 0 Å². The monoisotopic (exact) mass is 292 g/mol. The molecule has 0 unspecified atom stereocenters. The van der Waals surface area contributed by atoms with E-state index in [1.807, 2.05) is 6.21 Å². The zero-order valence-corrected chi connectivity index (χ0v) is 14.6. The zero-order chi connectivity index (χ0) is 15.6. The first-order valence-electron chi connectivity index (χ1n) is 9.04. The van der Waals surface area contributed by atoms with Gasteiger partial charge in [0.15, 0.2) is 0 Å². The summed E-state index contributed by atoms with van der Waals surface area (Å²) in [6, 6.07) is 0.573. The van der Waals surface area contributed by atoms with E-state index in [1.54, 1.807) is 0 Å². The van der Waals surface area contributed by atoms with Gasteiger partial charge in [0.25, 0.3) is 0 Å². The molecular formula is C19H36N2. The van der Waals surface area contributed by atoms with Crippen LogP contribution in [0.25, 0.3) is 0 Å². The molecule has 1 aliphatic rings. The van der Waals surface area contributed by atoms with E-state index in [9.17, 15) is 0 Å². The molecule has 0 aromatic carbocycles. The van der Waals surface area contributed by atoms with E-state index in [4.69, 9.17) is 0 Å². The molecule has 1 rings (SSSR count). The van der Waals surface area contributed by atoms with Gasteiger partial charge in [-0.15, -0.1) is 0 Å². The first-order chi connectivity index (χ1) is 10.1. The van der Waals surface area contributed by atoms with E-state index in [2.05, 4.69) is 37.9 Å². The number of nitrogens with one attached hydrogen (secondary N) is 1. The third-order valence-corrected chi connectivity index (χ3v) is 4.86. The molecule has 0 aromatic rings. The number of allylic oxidation sites excluding steroid dienone is 1. The summed E-state index contributed by atoms with van der Waals surface area (Å²) in [5.41, 5.74) is 4.67. The van der Waals surface area contributed by atoms with Crippen molar-refractivity contribution in [3.8, 4) is 0 Å². The molecule has 0 amide bonds. The largest absolute Gasteiger partial charge is 0.307 e. The summed E-state index contributed by atoms with van der Waals surface area (Å²) in [6.45, 7) is 11.1. The van der Waals surface area contributed by atoms with Crippen LogP contribution >= 0.6 is 0 Å². The molecule has 0 radical (unpaired) electrons. The van der Waals surface area contributed by atoms with Crippen LogP contribution < -0.4 is 5.43 Å². The van der Waals surface area contributed by atoms with Crippen LogP contribution in [0, 0.1) is 5.41 Å². The topological polar surface area (TPSA) is 24.4 Å². The lowest BCUT2D eigenvalue weighted by molar-refractivity contribution is 0.398. The molecular weight excluding hydrogens is 256 g/mol. The summed E-state index contributed by atoms with van der Waals surface area (Å²) in [5.74, 6) is 0. The van der Waals surface area contributed by atoms with Crippen LogP contribution in [0.1, 0.15) is 91.4 Å². The van der Waals surface area contributed by atoms with Gasteiger partial charge < -0.3 is 5.43 Å². The minimum absolute atomic E-state index is 0.169. The second-order valence-corrected chi connectivity index (χ2v) is 7.30. The lowest BCUT2D eigenvalue weighted by atomic mass is 9.80. The van der Waals surface area contributed by atoms with Crippen LogP contribution in [0.3, 0.4) is 0 Å². The van der Waals surface area contributed by atoms with E-state index >= 15 is 0 Å². The Morgan fingerprint density at radius 2 is 1.81 bits per heavy atom. The molecule has 1 N–H and O–H groups in total. The predicted molar refractivity (Wildman–Crippen MR) is 94.8 cm³/mol. The highest BCUT2D eigenvalue weighted by atomic mass is 15.3. The van der Waals surface area contributed by atoms with Gasteiger partial charge in [0.1, 0.15) is 0 Å². The lowest BCUT2D eigenvalue weighted by Crippen LogP contribution is -2.24. The van der Waals surface area contributed by atoms with Crippen LogP contribution in [0.2, 0.25) is 0 Å². The zero-order valence-electron chi connectivity index (χ0n) is 14.6. The van der Waals surface area contributed by atoms with Crippen molar-refractivity contribution in [1.82, 2.24) is 5.43 Å². The standard InChI is InChI=1S/C19H36N2/c1-5-6-7-12-15-19(3,4)17(2)16-20-21-18-13-10-8-9-11-14-18/h16,18,21H,2,5-15H2,1,3-4H3/b20-16-. The third-order valence-electron chi connectivity index (χ3n) is 4.86. The van der Waals surface area contributed by atoms with Crippen molar-refractivity contribution in [1.29, 1.82) is 0 Å². The van der Waals surface area contributed by atoms with E-state index in [0.29, 0.717) is 6.04 Å². The number of hydrogen-bond acceptors (Lipinski definition) is 2. The maximum atomic E-state index is 4.47. The lowest BCUT2D eigenvalue weighted by Gasteiger charge is -2.25. The van der Waals surface area contributed by atoms with Gasteiger partial charge >= 0.3 is 0 Å². The summed E-state index contributed by atoms with van der Waals surface area (Å²) in [5, 5.41) is 4.47. The highest BCUT2D eigenvalue weighted by Gasteiger charge is 2.20. The van der Waals surface area contributed by atoms with E-state index in [1.165, 1.54) is 70.6 Å². The first-order valence-corrected chi connectivity index (χ1v) is 9.04. The molecule has 1 fully saturated rings. The van der Waals surface area contributed by atoms with Crippen molar-refractivity contribution in [3.05, 3.63) is 12.2 Å². The average Bonchev–Trinajstić information content (AvgIpc) is 2.72. The fraction of sp³-hybridized carbons (Fsp3) is 0.842. The fourth-order valence-corrected chi connectivity index (χ4v) is 2.96. The molecule has 1 saturated carbocycles. The SMILES string of the molecule is C=C(/C=N\NC1CCCCCC1)C(C)(C)CCCCCC. The van der Waals surface area contributed by atoms with Crippen molar-refractivity contribution >= 4 is 6.21 Å². The second-order valence-electron chi connectivity index (χ2n) is 7.30. The van der Waals surface area contributed by atoms with Gasteiger partial charge in [-0.2, -0.15) is 5.10 Å². The summed E-state index contributed by atoms with van der Waals surface area (Å²) >= 11 is 0. The number of unbranched alkanes of at least 4 members (excludes halogenated alkanes) is 3. The molecule has 2 heteroatoms. The molecule has 1 aliphatic carbocycles. The molecule has 0 atom stereocenters. The molecule has 0 bridgehead atoms. The quantitative estimate of drug-likeness (QED) is 0.245. The molecule has 0 heterocycles. The summed E-state index contributed by atoms with van der Waals surface area (Å²) < 4.78 is 0. The van der Waals surface area contributed by atoms with Gasteiger partial charge in [-0.05, 0) is 30.3 Å². The number of rotatable bonds is 9. The number of hydrogen-bond donors (Lipinski definition) is 1. The van der Waals surface area contributed by atoms with Crippen LogP contribution in [0.15, 0.2) is 17.3 Å². The van der Waals surface area contributed by atoms with Gasteiger partial charge in [0.2, 0.25) is 0 Å². The first kappa shape index (κ1) is 18.3. The second kappa shape index (κ2) is 10.0. The Hall–Kier alpha value is -0.790. The smallest absolute Gasteiger partial charge is 0.0499 e. The molecule has 0 spiro atoms. The highest BCUT2D eigenvalue weighted by molar-refractivity contribution is 5.79. The van der Waals surface area contributed by atoms with Crippen molar-refractivity contribution in [3.63, 3.8) is 0 Å². The van der Waals surface area contributed by atoms with Gasteiger partial charge in [0, 0.05) is 12.3 Å². The Balaban J connectivity index is 2.30. The predicted octanol–water partition coefficient (Wildman–Crippen LogP) is 5.84. The molecule has 21 heavy (non-hydrogen) atoms. The Morgan fingerprint density at radius 1 is 1.14 bits per heavy atom. The normalized spacial score (nSPS) is 17.9.